The van der Waals surface area contributed by atoms with Gasteiger partial charge in [-0.15, -0.1) is 0 Å². The molecule has 6 heteroatoms. The van der Waals surface area contributed by atoms with Gasteiger partial charge in [0.15, 0.2) is 0 Å². The second kappa shape index (κ2) is 8.61. The van der Waals surface area contributed by atoms with Crippen LogP contribution in [-0.2, 0) is 16.1 Å². The van der Waals surface area contributed by atoms with E-state index in [4.69, 9.17) is 17.3 Å². The Labute approximate surface area is 166 Å². The van der Waals surface area contributed by atoms with Crippen LogP contribution in [0.3, 0.4) is 0 Å². The molecular formula is C21H30ClN3O2. The Morgan fingerprint density at radius 3 is 2.56 bits per heavy atom. The lowest BCUT2D eigenvalue weighted by atomic mass is 9.77. The summed E-state index contributed by atoms with van der Waals surface area (Å²) in [5.41, 5.74) is 7.16. The minimum atomic E-state index is -0.384. The van der Waals surface area contributed by atoms with Crippen molar-refractivity contribution in [1.29, 1.82) is 0 Å². The van der Waals surface area contributed by atoms with Gasteiger partial charge in [0.1, 0.15) is 0 Å². The normalized spacial score (nSPS) is 20.3. The standard InChI is InChI=1S/C21H30ClN3O2/c1-2-3-4-18(23)20(27)24-11-9-21(10-12-24)13-19(26)25(15-21)14-16-5-7-17(22)8-6-16/h5-8,18H,2-4,9-15,23H2,1H3. The number of hydrogen-bond donors (Lipinski definition) is 1. The van der Waals surface area contributed by atoms with Crippen LogP contribution in [0.2, 0.25) is 5.02 Å². The minimum Gasteiger partial charge on any atom is -0.341 e. The zero-order chi connectivity index (χ0) is 19.4. The highest BCUT2D eigenvalue weighted by Crippen LogP contribution is 2.41. The third kappa shape index (κ3) is 4.82. The first-order valence-electron chi connectivity index (χ1n) is 9.99. The van der Waals surface area contributed by atoms with Crippen LogP contribution in [0.5, 0.6) is 0 Å². The van der Waals surface area contributed by atoms with Crippen LogP contribution in [0, 0.1) is 5.41 Å². The summed E-state index contributed by atoms with van der Waals surface area (Å²) < 4.78 is 0. The van der Waals surface area contributed by atoms with Crippen molar-refractivity contribution in [2.24, 2.45) is 11.1 Å². The lowest BCUT2D eigenvalue weighted by Crippen LogP contribution is -2.49. The van der Waals surface area contributed by atoms with Crippen LogP contribution < -0.4 is 5.73 Å². The molecule has 1 aromatic rings. The number of unbranched alkanes of at least 4 members (excludes halogenated alkanes) is 1. The molecule has 148 valence electrons. The van der Waals surface area contributed by atoms with Gasteiger partial charge in [-0.25, -0.2) is 0 Å². The Morgan fingerprint density at radius 2 is 1.93 bits per heavy atom. The van der Waals surface area contributed by atoms with Gasteiger partial charge in [0.2, 0.25) is 11.8 Å². The monoisotopic (exact) mass is 391 g/mol. The van der Waals surface area contributed by atoms with Crippen molar-refractivity contribution in [2.75, 3.05) is 19.6 Å². The van der Waals surface area contributed by atoms with Crippen molar-refractivity contribution in [3.8, 4) is 0 Å². The summed E-state index contributed by atoms with van der Waals surface area (Å²) in [4.78, 5) is 28.9. The highest BCUT2D eigenvalue weighted by molar-refractivity contribution is 6.30. The number of nitrogens with two attached hydrogens (primary N) is 1. The number of benzene rings is 1. The van der Waals surface area contributed by atoms with Crippen molar-refractivity contribution in [3.05, 3.63) is 34.9 Å². The first kappa shape index (κ1) is 20.2. The van der Waals surface area contributed by atoms with E-state index in [2.05, 4.69) is 6.92 Å². The van der Waals surface area contributed by atoms with Gasteiger partial charge in [-0.2, -0.15) is 0 Å². The number of amides is 2. The predicted octanol–water partition coefficient (Wildman–Crippen LogP) is 3.20. The van der Waals surface area contributed by atoms with Crippen molar-refractivity contribution < 1.29 is 9.59 Å². The lowest BCUT2D eigenvalue weighted by Gasteiger charge is -2.39. The van der Waals surface area contributed by atoms with Crippen LogP contribution >= 0.6 is 11.6 Å². The second-order valence-electron chi connectivity index (χ2n) is 8.13. The number of likely N-dealkylation sites (tertiary alicyclic amines) is 2. The van der Waals surface area contributed by atoms with Crippen LogP contribution in [0.25, 0.3) is 0 Å². The summed E-state index contributed by atoms with van der Waals surface area (Å²) >= 11 is 5.94. The van der Waals surface area contributed by atoms with Crippen LogP contribution in [0.1, 0.15) is 51.0 Å². The van der Waals surface area contributed by atoms with E-state index < -0.39 is 0 Å². The Morgan fingerprint density at radius 1 is 1.26 bits per heavy atom. The van der Waals surface area contributed by atoms with E-state index in [0.29, 0.717) is 31.1 Å². The second-order valence-corrected chi connectivity index (χ2v) is 8.56. The molecule has 2 amide bonds. The van der Waals surface area contributed by atoms with E-state index in [-0.39, 0.29) is 23.3 Å². The Hall–Kier alpha value is -1.59. The summed E-state index contributed by atoms with van der Waals surface area (Å²) in [5, 5.41) is 0.706. The number of rotatable bonds is 6. The number of halogens is 1. The molecule has 2 fully saturated rings. The number of piperidine rings is 1. The van der Waals surface area contributed by atoms with E-state index in [1.165, 1.54) is 0 Å². The van der Waals surface area contributed by atoms with Gasteiger partial charge in [-0.1, -0.05) is 43.5 Å². The van der Waals surface area contributed by atoms with Crippen LogP contribution in [-0.4, -0.2) is 47.3 Å². The molecule has 0 aliphatic carbocycles. The fourth-order valence-electron chi connectivity index (χ4n) is 4.25. The molecule has 2 heterocycles. The molecule has 2 saturated heterocycles. The molecule has 2 aliphatic heterocycles. The molecule has 0 aromatic heterocycles. The van der Waals surface area contributed by atoms with Gasteiger partial charge in [0, 0.05) is 43.0 Å². The van der Waals surface area contributed by atoms with Crippen molar-refractivity contribution in [2.45, 2.75) is 58.0 Å². The summed E-state index contributed by atoms with van der Waals surface area (Å²) in [6.45, 7) is 4.93. The maximum absolute atomic E-state index is 12.6. The Kier molecular flexibility index (Phi) is 6.43. The predicted molar refractivity (Wildman–Crippen MR) is 107 cm³/mol. The third-order valence-corrected chi connectivity index (χ3v) is 6.27. The summed E-state index contributed by atoms with van der Waals surface area (Å²) in [6.07, 6.45) is 5.13. The zero-order valence-corrected chi connectivity index (χ0v) is 16.9. The molecule has 3 rings (SSSR count). The van der Waals surface area contributed by atoms with Gasteiger partial charge < -0.3 is 15.5 Å². The van der Waals surface area contributed by atoms with E-state index in [1.807, 2.05) is 34.1 Å². The number of hydrogen-bond acceptors (Lipinski definition) is 3. The lowest BCUT2D eigenvalue weighted by molar-refractivity contribution is -0.135. The molecule has 1 atom stereocenters. The average Bonchev–Trinajstić information content (AvgIpc) is 2.96. The fourth-order valence-corrected chi connectivity index (χ4v) is 4.38. The first-order chi connectivity index (χ1) is 12.9. The van der Waals surface area contributed by atoms with Gasteiger partial charge in [0.05, 0.1) is 6.04 Å². The van der Waals surface area contributed by atoms with E-state index in [9.17, 15) is 9.59 Å². The fraction of sp³-hybridized carbons (Fsp3) is 0.619. The van der Waals surface area contributed by atoms with Gasteiger partial charge in [-0.05, 0) is 37.0 Å². The largest absolute Gasteiger partial charge is 0.341 e. The summed E-state index contributed by atoms with van der Waals surface area (Å²) in [5.74, 6) is 0.282. The van der Waals surface area contributed by atoms with Crippen molar-refractivity contribution >= 4 is 23.4 Å². The summed E-state index contributed by atoms with van der Waals surface area (Å²) in [7, 11) is 0. The maximum Gasteiger partial charge on any atom is 0.239 e. The van der Waals surface area contributed by atoms with E-state index >= 15 is 0 Å². The van der Waals surface area contributed by atoms with E-state index in [0.717, 1.165) is 44.2 Å². The van der Waals surface area contributed by atoms with Crippen LogP contribution in [0.15, 0.2) is 24.3 Å². The van der Waals surface area contributed by atoms with Gasteiger partial charge in [0.25, 0.3) is 0 Å². The topological polar surface area (TPSA) is 66.6 Å². The van der Waals surface area contributed by atoms with Crippen molar-refractivity contribution in [3.63, 3.8) is 0 Å². The third-order valence-electron chi connectivity index (χ3n) is 6.01. The van der Waals surface area contributed by atoms with Crippen molar-refractivity contribution in [1.82, 2.24) is 9.80 Å². The van der Waals surface area contributed by atoms with Gasteiger partial charge in [-0.3, -0.25) is 9.59 Å². The number of carbonyl (C=O) groups excluding carboxylic acids is 2. The summed E-state index contributed by atoms with van der Waals surface area (Å²) in [6, 6.07) is 7.28. The molecule has 1 aromatic carbocycles. The smallest absolute Gasteiger partial charge is 0.239 e. The molecule has 1 spiro atoms. The molecule has 0 radical (unpaired) electrons. The molecular weight excluding hydrogens is 362 g/mol. The molecule has 2 N–H and O–H groups in total. The molecule has 0 bridgehead atoms. The molecule has 5 nitrogen and oxygen atoms in total. The molecule has 1 unspecified atom stereocenters. The van der Waals surface area contributed by atoms with Crippen LogP contribution in [0.4, 0.5) is 0 Å². The highest BCUT2D eigenvalue weighted by Gasteiger charge is 2.45. The van der Waals surface area contributed by atoms with Gasteiger partial charge >= 0.3 is 0 Å². The number of carbonyl (C=O) groups is 2. The molecule has 2 aliphatic rings. The van der Waals surface area contributed by atoms with E-state index in [1.54, 1.807) is 0 Å². The average molecular weight is 392 g/mol. The SMILES string of the molecule is CCCCC(N)C(=O)N1CCC2(CC1)CC(=O)N(Cc1ccc(Cl)cc1)C2. The Balaban J connectivity index is 1.54. The zero-order valence-electron chi connectivity index (χ0n) is 16.1. The number of nitrogens with zero attached hydrogens (tertiary/aromatic N) is 2. The quantitative estimate of drug-likeness (QED) is 0.809. The maximum atomic E-state index is 12.6. The minimum absolute atomic E-state index is 0.00774. The Bertz CT molecular complexity index is 669. The first-order valence-corrected chi connectivity index (χ1v) is 10.4. The molecule has 27 heavy (non-hydrogen) atoms. The highest BCUT2D eigenvalue weighted by atomic mass is 35.5. The molecule has 0 saturated carbocycles.